The molecule has 0 aromatic heterocycles. The van der Waals surface area contributed by atoms with Gasteiger partial charge in [-0.2, -0.15) is 0 Å². The van der Waals surface area contributed by atoms with Crippen LogP contribution >= 0.6 is 0 Å². The first-order valence-corrected chi connectivity index (χ1v) is 8.07. The molecule has 0 amide bonds. The van der Waals surface area contributed by atoms with Gasteiger partial charge in [0.25, 0.3) is 0 Å². The van der Waals surface area contributed by atoms with Crippen molar-refractivity contribution in [1.82, 2.24) is 0 Å². The van der Waals surface area contributed by atoms with Crippen LogP contribution in [0.2, 0.25) is 0 Å². The number of ketones is 1. The van der Waals surface area contributed by atoms with E-state index in [4.69, 9.17) is 0 Å². The minimum atomic E-state index is 0.437. The number of unbranched alkanes of at least 4 members (excludes halogenated alkanes) is 5. The molecule has 0 fully saturated rings. The minimum Gasteiger partial charge on any atom is -0.295 e. The van der Waals surface area contributed by atoms with Crippen molar-refractivity contribution < 1.29 is 4.79 Å². The van der Waals surface area contributed by atoms with E-state index in [0.29, 0.717) is 5.78 Å². The minimum absolute atomic E-state index is 0.437. The third-order valence-electron chi connectivity index (χ3n) is 3.91. The standard InChI is InChI=1S/C17H30O/c1-2-3-4-5-9-12-15-17(18)16-13-10-7-6-8-11-14-16/h13H,2-12,14-15H2,1H3. The zero-order chi connectivity index (χ0) is 13.1. The van der Waals surface area contributed by atoms with Crippen molar-refractivity contribution >= 4 is 5.78 Å². The fourth-order valence-electron chi connectivity index (χ4n) is 2.67. The van der Waals surface area contributed by atoms with Gasteiger partial charge in [-0.3, -0.25) is 4.79 Å². The van der Waals surface area contributed by atoms with Crippen molar-refractivity contribution in [2.45, 2.75) is 90.4 Å². The topological polar surface area (TPSA) is 17.1 Å². The molecule has 0 radical (unpaired) electrons. The Kier molecular flexibility index (Phi) is 8.89. The molecule has 0 saturated carbocycles. The molecule has 0 spiro atoms. The highest BCUT2D eigenvalue weighted by Crippen LogP contribution is 2.19. The summed E-state index contributed by atoms with van der Waals surface area (Å²) in [4.78, 5) is 12.1. The molecular weight excluding hydrogens is 220 g/mol. The van der Waals surface area contributed by atoms with Gasteiger partial charge in [0.1, 0.15) is 0 Å². The molecule has 1 heteroatoms. The number of Topliss-reactive ketones (excluding diaryl/α,β-unsaturated/α-hetero) is 1. The Labute approximate surface area is 113 Å². The quantitative estimate of drug-likeness (QED) is 0.513. The molecule has 0 N–H and O–H groups in total. The van der Waals surface area contributed by atoms with Crippen LogP contribution in [0, 0.1) is 0 Å². The lowest BCUT2D eigenvalue weighted by atomic mass is 9.95. The maximum atomic E-state index is 12.1. The molecule has 18 heavy (non-hydrogen) atoms. The van der Waals surface area contributed by atoms with Crippen molar-refractivity contribution in [3.05, 3.63) is 11.6 Å². The van der Waals surface area contributed by atoms with E-state index >= 15 is 0 Å². The van der Waals surface area contributed by atoms with Crippen LogP contribution in [0.5, 0.6) is 0 Å². The molecule has 1 aliphatic carbocycles. The van der Waals surface area contributed by atoms with E-state index < -0.39 is 0 Å². The Morgan fingerprint density at radius 2 is 1.72 bits per heavy atom. The van der Waals surface area contributed by atoms with Gasteiger partial charge in [-0.15, -0.1) is 0 Å². The van der Waals surface area contributed by atoms with Crippen molar-refractivity contribution in [2.24, 2.45) is 0 Å². The fourth-order valence-corrected chi connectivity index (χ4v) is 2.67. The molecular formula is C17H30O. The highest BCUT2D eigenvalue weighted by molar-refractivity contribution is 5.95. The predicted octanol–water partition coefficient (Wildman–Crippen LogP) is 5.59. The average Bonchev–Trinajstić information content (AvgIpc) is 2.33. The number of hydrogen-bond acceptors (Lipinski definition) is 1. The van der Waals surface area contributed by atoms with Gasteiger partial charge in [-0.1, -0.05) is 57.9 Å². The zero-order valence-corrected chi connectivity index (χ0v) is 12.2. The van der Waals surface area contributed by atoms with Gasteiger partial charge in [0, 0.05) is 6.42 Å². The monoisotopic (exact) mass is 250 g/mol. The van der Waals surface area contributed by atoms with Crippen molar-refractivity contribution in [2.75, 3.05) is 0 Å². The van der Waals surface area contributed by atoms with Crippen molar-refractivity contribution in [3.63, 3.8) is 0 Å². The van der Waals surface area contributed by atoms with Crippen LogP contribution in [0.1, 0.15) is 90.4 Å². The molecule has 0 aromatic rings. The van der Waals surface area contributed by atoms with Gasteiger partial charge < -0.3 is 0 Å². The summed E-state index contributed by atoms with van der Waals surface area (Å²) in [6, 6.07) is 0. The molecule has 0 atom stereocenters. The Hall–Kier alpha value is -0.590. The summed E-state index contributed by atoms with van der Waals surface area (Å²) in [5, 5.41) is 0. The summed E-state index contributed by atoms with van der Waals surface area (Å²) in [5.74, 6) is 0.437. The molecule has 104 valence electrons. The molecule has 1 rings (SSSR count). The van der Waals surface area contributed by atoms with Gasteiger partial charge in [0.05, 0.1) is 0 Å². The van der Waals surface area contributed by atoms with Crippen molar-refractivity contribution in [1.29, 1.82) is 0 Å². The van der Waals surface area contributed by atoms with E-state index in [2.05, 4.69) is 13.0 Å². The Bertz CT molecular complexity index is 252. The number of hydrogen-bond donors (Lipinski definition) is 0. The van der Waals surface area contributed by atoms with E-state index in [1.165, 1.54) is 57.8 Å². The third-order valence-corrected chi connectivity index (χ3v) is 3.91. The first-order valence-electron chi connectivity index (χ1n) is 8.07. The third kappa shape index (κ3) is 6.98. The molecule has 0 unspecified atom stereocenters. The van der Waals surface area contributed by atoms with Crippen LogP contribution in [-0.2, 0) is 4.79 Å². The lowest BCUT2D eigenvalue weighted by Crippen LogP contribution is -2.04. The summed E-state index contributed by atoms with van der Waals surface area (Å²) >= 11 is 0. The second kappa shape index (κ2) is 10.3. The van der Waals surface area contributed by atoms with E-state index in [1.807, 2.05) is 0 Å². The van der Waals surface area contributed by atoms with Crippen LogP contribution in [-0.4, -0.2) is 5.78 Å². The Balaban J connectivity index is 2.14. The predicted molar refractivity (Wildman–Crippen MR) is 78.8 cm³/mol. The SMILES string of the molecule is CCCCCCCCC(=O)C1=CCCCCCC1. The molecule has 0 aliphatic heterocycles. The summed E-state index contributed by atoms with van der Waals surface area (Å²) in [7, 11) is 0. The number of rotatable bonds is 8. The van der Waals surface area contributed by atoms with Crippen LogP contribution < -0.4 is 0 Å². The van der Waals surface area contributed by atoms with E-state index in [9.17, 15) is 4.79 Å². The normalized spacial score (nSPS) is 16.8. The fraction of sp³-hybridized carbons (Fsp3) is 0.824. The maximum absolute atomic E-state index is 12.1. The summed E-state index contributed by atoms with van der Waals surface area (Å²) in [6.07, 6.45) is 17.9. The molecule has 0 bridgehead atoms. The van der Waals surface area contributed by atoms with E-state index in [0.717, 1.165) is 31.3 Å². The van der Waals surface area contributed by atoms with Gasteiger partial charge in [0.2, 0.25) is 0 Å². The highest BCUT2D eigenvalue weighted by Gasteiger charge is 2.10. The summed E-state index contributed by atoms with van der Waals surface area (Å²) < 4.78 is 0. The number of carbonyl (C=O) groups is 1. The Morgan fingerprint density at radius 1 is 1.00 bits per heavy atom. The van der Waals surface area contributed by atoms with Crippen LogP contribution in [0.4, 0.5) is 0 Å². The molecule has 0 aromatic carbocycles. The van der Waals surface area contributed by atoms with E-state index in [1.54, 1.807) is 0 Å². The van der Waals surface area contributed by atoms with Crippen LogP contribution in [0.3, 0.4) is 0 Å². The second-order valence-electron chi connectivity index (χ2n) is 5.62. The number of carbonyl (C=O) groups excluding carboxylic acids is 1. The summed E-state index contributed by atoms with van der Waals surface area (Å²) in [6.45, 7) is 2.24. The van der Waals surface area contributed by atoms with Gasteiger partial charge in [0.15, 0.2) is 5.78 Å². The maximum Gasteiger partial charge on any atom is 0.158 e. The van der Waals surface area contributed by atoms with Crippen LogP contribution in [0.25, 0.3) is 0 Å². The zero-order valence-electron chi connectivity index (χ0n) is 12.2. The smallest absolute Gasteiger partial charge is 0.158 e. The lowest BCUT2D eigenvalue weighted by molar-refractivity contribution is -0.115. The second-order valence-corrected chi connectivity index (χ2v) is 5.62. The molecule has 0 saturated heterocycles. The summed E-state index contributed by atoms with van der Waals surface area (Å²) in [5.41, 5.74) is 1.14. The first kappa shape index (κ1) is 15.5. The molecule has 1 nitrogen and oxygen atoms in total. The largest absolute Gasteiger partial charge is 0.295 e. The van der Waals surface area contributed by atoms with Crippen molar-refractivity contribution in [3.8, 4) is 0 Å². The average molecular weight is 250 g/mol. The number of allylic oxidation sites excluding steroid dienone is 2. The highest BCUT2D eigenvalue weighted by atomic mass is 16.1. The van der Waals surface area contributed by atoms with Crippen LogP contribution in [0.15, 0.2) is 11.6 Å². The lowest BCUT2D eigenvalue weighted by Gasteiger charge is -2.10. The molecule has 0 heterocycles. The first-order chi connectivity index (χ1) is 8.84. The molecule has 1 aliphatic rings. The van der Waals surface area contributed by atoms with Gasteiger partial charge in [-0.05, 0) is 37.7 Å². The van der Waals surface area contributed by atoms with E-state index in [-0.39, 0.29) is 0 Å². The van der Waals surface area contributed by atoms with Gasteiger partial charge >= 0.3 is 0 Å². The van der Waals surface area contributed by atoms with Gasteiger partial charge in [-0.25, -0.2) is 0 Å². The Morgan fingerprint density at radius 3 is 2.56 bits per heavy atom.